The number of ether oxygens (including phenoxy) is 1. The Balaban J connectivity index is 1.94. The zero-order chi connectivity index (χ0) is 20.1. The van der Waals surface area contributed by atoms with Gasteiger partial charge < -0.3 is 9.64 Å². The van der Waals surface area contributed by atoms with E-state index in [0.29, 0.717) is 24.3 Å². The van der Waals surface area contributed by atoms with Crippen LogP contribution in [-0.2, 0) is 19.5 Å². The third-order valence-electron chi connectivity index (χ3n) is 4.88. The Hall–Kier alpha value is -2.33. The zero-order valence-electron chi connectivity index (χ0n) is 16.5. The molecule has 3 aromatic rings. The molecule has 0 heterocycles. The largest absolute Gasteiger partial charge is 0.497 e. The Morgan fingerprint density at radius 2 is 1.43 bits per heavy atom. The summed E-state index contributed by atoms with van der Waals surface area (Å²) in [4.78, 5) is 2.08. The van der Waals surface area contributed by atoms with Gasteiger partial charge in [0.05, 0.1) is 12.8 Å². The second kappa shape index (κ2) is 9.24. The number of anilines is 1. The van der Waals surface area contributed by atoms with Crippen LogP contribution < -0.4 is 9.64 Å². The van der Waals surface area contributed by atoms with Crippen molar-refractivity contribution < 1.29 is 9.13 Å². The Morgan fingerprint density at radius 1 is 0.893 bits per heavy atom. The molecule has 0 unspecified atom stereocenters. The Bertz CT molecular complexity index is 873. The highest BCUT2D eigenvalue weighted by Gasteiger charge is 2.16. The first kappa shape index (κ1) is 20.4. The summed E-state index contributed by atoms with van der Waals surface area (Å²) in [6.45, 7) is 5.17. The monoisotopic (exact) mass is 441 g/mol. The summed E-state index contributed by atoms with van der Waals surface area (Å²) in [6, 6.07) is 20.1. The molecule has 146 valence electrons. The van der Waals surface area contributed by atoms with E-state index in [2.05, 4.69) is 52.0 Å². The van der Waals surface area contributed by atoms with Gasteiger partial charge >= 0.3 is 0 Å². The van der Waals surface area contributed by atoms with Gasteiger partial charge in [-0.3, -0.25) is 0 Å². The van der Waals surface area contributed by atoms with Gasteiger partial charge in [-0.1, -0.05) is 59.3 Å². The van der Waals surface area contributed by atoms with Crippen LogP contribution in [0.15, 0.2) is 65.1 Å². The average Bonchev–Trinajstić information content (AvgIpc) is 2.71. The fourth-order valence-corrected chi connectivity index (χ4v) is 3.78. The number of methoxy groups -OCH3 is 1. The maximum absolute atomic E-state index is 15.0. The van der Waals surface area contributed by atoms with E-state index in [1.807, 2.05) is 30.3 Å². The Morgan fingerprint density at radius 3 is 1.96 bits per heavy atom. The van der Waals surface area contributed by atoms with Gasteiger partial charge in [-0.15, -0.1) is 0 Å². The molecule has 2 nitrogen and oxygen atoms in total. The fraction of sp³-hybridized carbons (Fsp3) is 0.250. The van der Waals surface area contributed by atoms with E-state index >= 15 is 0 Å². The van der Waals surface area contributed by atoms with Gasteiger partial charge in [0.2, 0.25) is 0 Å². The van der Waals surface area contributed by atoms with Crippen molar-refractivity contribution in [1.82, 2.24) is 0 Å². The molecule has 4 heteroatoms. The van der Waals surface area contributed by atoms with Crippen molar-refractivity contribution in [2.24, 2.45) is 0 Å². The summed E-state index contributed by atoms with van der Waals surface area (Å²) in [5.74, 6) is 0.636. The first-order valence-electron chi connectivity index (χ1n) is 9.41. The van der Waals surface area contributed by atoms with Gasteiger partial charge in [0, 0.05) is 17.6 Å². The second-order valence-corrected chi connectivity index (χ2v) is 7.85. The van der Waals surface area contributed by atoms with E-state index in [-0.39, 0.29) is 5.82 Å². The summed E-state index contributed by atoms with van der Waals surface area (Å²) >= 11 is 3.51. The minimum atomic E-state index is -0.179. The minimum absolute atomic E-state index is 0.179. The van der Waals surface area contributed by atoms with Crippen LogP contribution in [-0.4, -0.2) is 7.11 Å². The number of halogens is 2. The van der Waals surface area contributed by atoms with Crippen LogP contribution in [0.1, 0.15) is 29.2 Å². The number of aryl methyl sites for hydroxylation is 2. The molecule has 3 aromatic carbocycles. The van der Waals surface area contributed by atoms with Crippen LogP contribution in [0, 0.1) is 12.7 Å². The third kappa shape index (κ3) is 4.93. The van der Waals surface area contributed by atoms with E-state index in [1.165, 1.54) is 5.56 Å². The molecule has 0 fully saturated rings. The van der Waals surface area contributed by atoms with Crippen molar-refractivity contribution in [1.29, 1.82) is 0 Å². The van der Waals surface area contributed by atoms with E-state index < -0.39 is 0 Å². The highest BCUT2D eigenvalue weighted by Crippen LogP contribution is 2.30. The zero-order valence-corrected chi connectivity index (χ0v) is 18.1. The van der Waals surface area contributed by atoms with E-state index in [0.717, 1.165) is 27.8 Å². The van der Waals surface area contributed by atoms with Crippen LogP contribution in [0.25, 0.3) is 0 Å². The molecule has 28 heavy (non-hydrogen) atoms. The lowest BCUT2D eigenvalue weighted by Crippen LogP contribution is -2.23. The van der Waals surface area contributed by atoms with Gasteiger partial charge in [-0.05, 0) is 59.9 Å². The van der Waals surface area contributed by atoms with Gasteiger partial charge in [-0.25, -0.2) is 4.39 Å². The highest BCUT2D eigenvalue weighted by atomic mass is 79.9. The van der Waals surface area contributed by atoms with Crippen LogP contribution in [0.4, 0.5) is 10.1 Å². The molecular weight excluding hydrogens is 417 g/mol. The third-order valence-corrected chi connectivity index (χ3v) is 5.34. The molecule has 3 rings (SSSR count). The van der Waals surface area contributed by atoms with Crippen LogP contribution in [0.3, 0.4) is 0 Å². The maximum atomic E-state index is 15.0. The summed E-state index contributed by atoms with van der Waals surface area (Å²) in [6.07, 6.45) is 1.01. The summed E-state index contributed by atoms with van der Waals surface area (Å²) in [5.41, 5.74) is 4.79. The lowest BCUT2D eigenvalue weighted by molar-refractivity contribution is 0.414. The molecule has 0 aromatic heterocycles. The molecule has 0 bridgehead atoms. The van der Waals surface area contributed by atoms with Gasteiger partial charge in [0.25, 0.3) is 0 Å². The fourth-order valence-electron chi connectivity index (χ4n) is 3.22. The molecule has 0 aliphatic heterocycles. The van der Waals surface area contributed by atoms with Gasteiger partial charge in [0.1, 0.15) is 11.6 Å². The predicted octanol–water partition coefficient (Wildman–Crippen LogP) is 6.67. The van der Waals surface area contributed by atoms with Crippen molar-refractivity contribution in [3.63, 3.8) is 0 Å². The number of benzene rings is 3. The normalized spacial score (nSPS) is 10.8. The molecule has 0 amide bonds. The standard InChI is InChI=1S/C24H25BrFNO/c1-4-18-5-7-19(8-6-18)15-27(16-20-9-11-22(28-3)12-10-20)23-14-21(25)13-17(2)24(23)26/h5-14H,4,15-16H2,1-3H3. The summed E-state index contributed by atoms with van der Waals surface area (Å²) in [5, 5.41) is 0. The Kier molecular flexibility index (Phi) is 6.74. The van der Waals surface area contributed by atoms with Crippen LogP contribution in [0.2, 0.25) is 0 Å². The predicted molar refractivity (Wildman–Crippen MR) is 118 cm³/mol. The smallest absolute Gasteiger partial charge is 0.149 e. The average molecular weight is 442 g/mol. The quantitative estimate of drug-likeness (QED) is 0.405. The molecule has 0 spiro atoms. The van der Waals surface area contributed by atoms with Crippen molar-refractivity contribution in [3.05, 3.63) is 93.2 Å². The molecule has 0 aliphatic carbocycles. The van der Waals surface area contributed by atoms with Crippen LogP contribution in [0.5, 0.6) is 5.75 Å². The topological polar surface area (TPSA) is 12.5 Å². The molecule has 0 saturated carbocycles. The summed E-state index contributed by atoms with van der Waals surface area (Å²) in [7, 11) is 1.65. The van der Waals surface area contributed by atoms with Crippen molar-refractivity contribution in [2.45, 2.75) is 33.4 Å². The van der Waals surface area contributed by atoms with Crippen molar-refractivity contribution in [3.8, 4) is 5.75 Å². The first-order chi connectivity index (χ1) is 13.5. The van der Waals surface area contributed by atoms with Gasteiger partial charge in [-0.2, -0.15) is 0 Å². The van der Waals surface area contributed by atoms with Crippen LogP contribution >= 0.6 is 15.9 Å². The molecule has 0 atom stereocenters. The number of nitrogens with zero attached hydrogens (tertiary/aromatic N) is 1. The lowest BCUT2D eigenvalue weighted by atomic mass is 10.1. The molecule has 0 radical (unpaired) electrons. The lowest BCUT2D eigenvalue weighted by Gasteiger charge is -2.27. The second-order valence-electron chi connectivity index (χ2n) is 6.93. The number of hydrogen-bond acceptors (Lipinski definition) is 2. The number of hydrogen-bond donors (Lipinski definition) is 0. The minimum Gasteiger partial charge on any atom is -0.497 e. The molecule has 0 aliphatic rings. The highest BCUT2D eigenvalue weighted by molar-refractivity contribution is 9.10. The van der Waals surface area contributed by atoms with E-state index in [1.54, 1.807) is 20.1 Å². The first-order valence-corrected chi connectivity index (χ1v) is 10.2. The van der Waals surface area contributed by atoms with Crippen molar-refractivity contribution >= 4 is 21.6 Å². The molecule has 0 saturated heterocycles. The van der Waals surface area contributed by atoms with Crippen molar-refractivity contribution in [2.75, 3.05) is 12.0 Å². The van der Waals surface area contributed by atoms with Gasteiger partial charge in [0.15, 0.2) is 0 Å². The maximum Gasteiger partial charge on any atom is 0.149 e. The SMILES string of the molecule is CCc1ccc(CN(Cc2ccc(OC)cc2)c2cc(Br)cc(C)c2F)cc1. The van der Waals surface area contributed by atoms with E-state index in [9.17, 15) is 4.39 Å². The summed E-state index contributed by atoms with van der Waals surface area (Å²) < 4.78 is 21.1. The number of rotatable bonds is 7. The Labute approximate surface area is 175 Å². The molecule has 0 N–H and O–H groups in total. The van der Waals surface area contributed by atoms with E-state index in [4.69, 9.17) is 4.74 Å². The molecular formula is C24H25BrFNO.